The molecule has 0 unspecified atom stereocenters. The van der Waals surface area contributed by atoms with Gasteiger partial charge in [0.15, 0.2) is 0 Å². The SMILES string of the molecule is COC1CC2(CNCC3(CCCCC3)O2)C1. The quantitative estimate of drug-likeness (QED) is 0.739. The summed E-state index contributed by atoms with van der Waals surface area (Å²) in [5.41, 5.74) is 0.269. The van der Waals surface area contributed by atoms with Crippen LogP contribution in [0.15, 0.2) is 0 Å². The Morgan fingerprint density at radius 1 is 1.06 bits per heavy atom. The molecular formula is C13H23NO2. The van der Waals surface area contributed by atoms with E-state index in [2.05, 4.69) is 5.32 Å². The smallest absolute Gasteiger partial charge is 0.0863 e. The molecule has 3 fully saturated rings. The van der Waals surface area contributed by atoms with Crippen molar-refractivity contribution >= 4 is 0 Å². The molecule has 2 spiro atoms. The van der Waals surface area contributed by atoms with Crippen molar-refractivity contribution in [1.82, 2.24) is 5.32 Å². The van der Waals surface area contributed by atoms with E-state index >= 15 is 0 Å². The lowest BCUT2D eigenvalue weighted by atomic mass is 9.73. The van der Waals surface area contributed by atoms with Crippen molar-refractivity contribution in [2.45, 2.75) is 62.3 Å². The molecule has 3 rings (SSSR count). The van der Waals surface area contributed by atoms with Crippen LogP contribution in [-0.4, -0.2) is 37.5 Å². The van der Waals surface area contributed by atoms with Gasteiger partial charge in [0.1, 0.15) is 0 Å². The summed E-state index contributed by atoms with van der Waals surface area (Å²) in [7, 11) is 1.81. The number of morpholine rings is 1. The molecule has 0 aromatic heterocycles. The molecule has 0 aromatic carbocycles. The Bertz CT molecular complexity index is 249. The van der Waals surface area contributed by atoms with Gasteiger partial charge in [-0.25, -0.2) is 0 Å². The van der Waals surface area contributed by atoms with Crippen LogP contribution in [-0.2, 0) is 9.47 Å². The molecule has 2 aliphatic carbocycles. The fourth-order valence-corrected chi connectivity index (χ4v) is 3.69. The van der Waals surface area contributed by atoms with E-state index in [0.717, 1.165) is 25.9 Å². The van der Waals surface area contributed by atoms with Crippen molar-refractivity contribution in [3.8, 4) is 0 Å². The zero-order valence-electron chi connectivity index (χ0n) is 10.3. The Hall–Kier alpha value is -0.120. The molecule has 1 N–H and O–H groups in total. The van der Waals surface area contributed by atoms with E-state index in [9.17, 15) is 0 Å². The Morgan fingerprint density at radius 2 is 1.75 bits per heavy atom. The molecule has 2 saturated carbocycles. The van der Waals surface area contributed by atoms with Crippen molar-refractivity contribution < 1.29 is 9.47 Å². The van der Waals surface area contributed by atoms with Gasteiger partial charge in [0.05, 0.1) is 17.3 Å². The minimum Gasteiger partial charge on any atom is -0.381 e. The lowest BCUT2D eigenvalue weighted by molar-refractivity contribution is -0.249. The molecule has 3 nitrogen and oxygen atoms in total. The van der Waals surface area contributed by atoms with Crippen molar-refractivity contribution in [3.63, 3.8) is 0 Å². The Labute approximate surface area is 97.9 Å². The molecule has 0 amide bonds. The summed E-state index contributed by atoms with van der Waals surface area (Å²) in [5.74, 6) is 0. The zero-order chi connectivity index (χ0) is 11.1. The van der Waals surface area contributed by atoms with Gasteiger partial charge in [-0.3, -0.25) is 0 Å². The van der Waals surface area contributed by atoms with E-state index < -0.39 is 0 Å². The predicted molar refractivity (Wildman–Crippen MR) is 62.5 cm³/mol. The van der Waals surface area contributed by atoms with E-state index in [4.69, 9.17) is 9.47 Å². The molecule has 0 bridgehead atoms. The largest absolute Gasteiger partial charge is 0.381 e. The van der Waals surface area contributed by atoms with E-state index in [1.165, 1.54) is 32.1 Å². The van der Waals surface area contributed by atoms with Crippen molar-refractivity contribution in [2.24, 2.45) is 0 Å². The molecule has 0 atom stereocenters. The maximum atomic E-state index is 6.53. The molecule has 16 heavy (non-hydrogen) atoms. The van der Waals surface area contributed by atoms with Crippen LogP contribution in [0, 0.1) is 0 Å². The Kier molecular flexibility index (Phi) is 2.73. The highest BCUT2D eigenvalue weighted by Crippen LogP contribution is 2.45. The maximum Gasteiger partial charge on any atom is 0.0863 e. The third-order valence-electron chi connectivity index (χ3n) is 4.62. The normalized spacial score (nSPS) is 42.2. The highest BCUT2D eigenvalue weighted by Gasteiger charge is 2.53. The van der Waals surface area contributed by atoms with Gasteiger partial charge in [-0.15, -0.1) is 0 Å². The zero-order valence-corrected chi connectivity index (χ0v) is 10.3. The van der Waals surface area contributed by atoms with Crippen molar-refractivity contribution in [2.75, 3.05) is 20.2 Å². The molecule has 0 radical (unpaired) electrons. The summed E-state index contributed by atoms with van der Waals surface area (Å²) in [6.45, 7) is 2.08. The molecule has 92 valence electrons. The number of rotatable bonds is 1. The van der Waals surface area contributed by atoms with Gasteiger partial charge in [0, 0.05) is 33.0 Å². The predicted octanol–water partition coefficient (Wildman–Crippen LogP) is 1.86. The van der Waals surface area contributed by atoms with Crippen molar-refractivity contribution in [3.05, 3.63) is 0 Å². The van der Waals surface area contributed by atoms with E-state index in [0.29, 0.717) is 6.10 Å². The van der Waals surface area contributed by atoms with Crippen molar-refractivity contribution in [1.29, 1.82) is 0 Å². The van der Waals surface area contributed by atoms with Gasteiger partial charge in [-0.1, -0.05) is 19.3 Å². The fourth-order valence-electron chi connectivity index (χ4n) is 3.69. The number of ether oxygens (including phenoxy) is 2. The standard InChI is InChI=1S/C13H23NO2/c1-15-11-7-13(8-11)10-14-9-12(16-13)5-3-2-4-6-12/h11,14H,2-10H2,1H3. The first-order valence-corrected chi connectivity index (χ1v) is 6.70. The lowest BCUT2D eigenvalue weighted by Gasteiger charge is -2.56. The van der Waals surface area contributed by atoms with Crippen LogP contribution in [0.25, 0.3) is 0 Å². The van der Waals surface area contributed by atoms with Crippen LogP contribution >= 0.6 is 0 Å². The van der Waals surface area contributed by atoms with Crippen LogP contribution in [0.1, 0.15) is 44.9 Å². The Morgan fingerprint density at radius 3 is 2.44 bits per heavy atom. The number of hydrogen-bond donors (Lipinski definition) is 1. The van der Waals surface area contributed by atoms with Crippen LogP contribution in [0.3, 0.4) is 0 Å². The third-order valence-corrected chi connectivity index (χ3v) is 4.62. The molecule has 3 aliphatic rings. The van der Waals surface area contributed by atoms with E-state index in [-0.39, 0.29) is 11.2 Å². The first-order chi connectivity index (χ1) is 7.76. The molecule has 0 aromatic rings. The summed E-state index contributed by atoms with van der Waals surface area (Å²) in [5, 5.41) is 3.60. The van der Waals surface area contributed by atoms with Gasteiger partial charge in [0.25, 0.3) is 0 Å². The third kappa shape index (κ3) is 1.79. The van der Waals surface area contributed by atoms with Gasteiger partial charge in [-0.05, 0) is 12.8 Å². The molecular weight excluding hydrogens is 202 g/mol. The molecule has 3 heteroatoms. The second-order valence-corrected chi connectivity index (χ2v) is 5.90. The van der Waals surface area contributed by atoms with Crippen LogP contribution < -0.4 is 5.32 Å². The average Bonchev–Trinajstić information content (AvgIpc) is 2.27. The minimum atomic E-state index is 0.107. The lowest BCUT2D eigenvalue weighted by Crippen LogP contribution is -2.66. The van der Waals surface area contributed by atoms with Gasteiger partial charge in [-0.2, -0.15) is 0 Å². The summed E-state index contributed by atoms with van der Waals surface area (Å²) >= 11 is 0. The average molecular weight is 225 g/mol. The number of nitrogens with one attached hydrogen (secondary N) is 1. The van der Waals surface area contributed by atoms with Crippen LogP contribution in [0.4, 0.5) is 0 Å². The highest BCUT2D eigenvalue weighted by atomic mass is 16.5. The second-order valence-electron chi connectivity index (χ2n) is 5.90. The van der Waals surface area contributed by atoms with E-state index in [1.54, 1.807) is 0 Å². The monoisotopic (exact) mass is 225 g/mol. The Balaban J connectivity index is 1.66. The summed E-state index contributed by atoms with van der Waals surface area (Å²) in [6.07, 6.45) is 9.16. The number of hydrogen-bond acceptors (Lipinski definition) is 3. The van der Waals surface area contributed by atoms with Crippen LogP contribution in [0.5, 0.6) is 0 Å². The topological polar surface area (TPSA) is 30.5 Å². The number of methoxy groups -OCH3 is 1. The maximum absolute atomic E-state index is 6.53. The highest BCUT2D eigenvalue weighted by molar-refractivity contribution is 5.05. The summed E-state index contributed by atoms with van der Waals surface area (Å²) < 4.78 is 11.9. The summed E-state index contributed by atoms with van der Waals surface area (Å²) in [4.78, 5) is 0. The molecule has 1 aliphatic heterocycles. The molecule has 1 saturated heterocycles. The minimum absolute atomic E-state index is 0.107. The van der Waals surface area contributed by atoms with Gasteiger partial charge in [0.2, 0.25) is 0 Å². The fraction of sp³-hybridized carbons (Fsp3) is 1.00. The summed E-state index contributed by atoms with van der Waals surface area (Å²) in [6, 6.07) is 0. The molecule has 1 heterocycles. The second kappa shape index (κ2) is 3.97. The van der Waals surface area contributed by atoms with Crippen LogP contribution in [0.2, 0.25) is 0 Å². The van der Waals surface area contributed by atoms with Gasteiger partial charge >= 0.3 is 0 Å². The van der Waals surface area contributed by atoms with E-state index in [1.807, 2.05) is 7.11 Å². The first-order valence-electron chi connectivity index (χ1n) is 6.70. The first kappa shape index (κ1) is 11.0. The van der Waals surface area contributed by atoms with Gasteiger partial charge < -0.3 is 14.8 Å².